The number of rotatable bonds is 5. The number of carboxylic acid groups (broad SMARTS) is 1. The Kier molecular flexibility index (Phi) is 6.65. The Morgan fingerprint density at radius 2 is 1.73 bits per heavy atom. The monoisotopic (exact) mass is 419 g/mol. The summed E-state index contributed by atoms with van der Waals surface area (Å²) >= 11 is 0. The summed E-state index contributed by atoms with van der Waals surface area (Å²) in [4.78, 5) is 22.1. The lowest BCUT2D eigenvalue weighted by atomic mass is 9.99. The molecule has 30 heavy (non-hydrogen) atoms. The summed E-state index contributed by atoms with van der Waals surface area (Å²) in [6.07, 6.45) is -7.14. The fraction of sp³-hybridized carbons (Fsp3) is 0.300. The molecule has 5 atom stereocenters. The minimum absolute atomic E-state index is 0.252. The van der Waals surface area contributed by atoms with Crippen LogP contribution in [0, 0.1) is 0 Å². The van der Waals surface area contributed by atoms with Gasteiger partial charge >= 0.3 is 11.9 Å². The number of carboxylic acids is 1. The lowest BCUT2D eigenvalue weighted by Crippen LogP contribution is -2.60. The van der Waals surface area contributed by atoms with Crippen LogP contribution in [0.5, 0.6) is 5.75 Å². The summed E-state index contributed by atoms with van der Waals surface area (Å²) in [7, 11) is 0. The SMILES string of the molecule is O=C(O)C(=O)Nc1cccc(-c2ccccc2OC2OC(CO)C(O)C(O)C2O)c1. The molecule has 0 saturated carbocycles. The molecule has 160 valence electrons. The van der Waals surface area contributed by atoms with Crippen LogP contribution in [0.25, 0.3) is 11.1 Å². The van der Waals surface area contributed by atoms with Gasteiger partial charge in [0.25, 0.3) is 0 Å². The number of nitrogens with one attached hydrogen (secondary N) is 1. The number of aliphatic hydroxyl groups is 4. The normalized spacial score (nSPS) is 26.1. The number of anilines is 1. The molecule has 0 aliphatic carbocycles. The van der Waals surface area contributed by atoms with Crippen molar-refractivity contribution in [2.45, 2.75) is 30.7 Å². The summed E-state index contributed by atoms with van der Waals surface area (Å²) in [5.41, 5.74) is 1.35. The smallest absolute Gasteiger partial charge is 0.394 e. The highest BCUT2D eigenvalue weighted by molar-refractivity contribution is 6.36. The Bertz CT molecular complexity index is 917. The van der Waals surface area contributed by atoms with E-state index < -0.39 is 49.2 Å². The lowest BCUT2D eigenvalue weighted by Gasteiger charge is -2.39. The van der Waals surface area contributed by atoms with Crippen molar-refractivity contribution in [3.63, 3.8) is 0 Å². The number of carbonyl (C=O) groups excluding carboxylic acids is 1. The third kappa shape index (κ3) is 4.58. The summed E-state index contributed by atoms with van der Waals surface area (Å²) in [5, 5.41) is 50.3. The fourth-order valence-corrected chi connectivity index (χ4v) is 3.05. The highest BCUT2D eigenvalue weighted by Gasteiger charge is 2.44. The maximum absolute atomic E-state index is 11.4. The zero-order valence-electron chi connectivity index (χ0n) is 15.6. The Hall–Kier alpha value is -3.02. The number of aliphatic carboxylic acids is 1. The Morgan fingerprint density at radius 3 is 2.43 bits per heavy atom. The zero-order valence-corrected chi connectivity index (χ0v) is 15.6. The van der Waals surface area contributed by atoms with E-state index >= 15 is 0 Å². The van der Waals surface area contributed by atoms with Gasteiger partial charge in [-0.05, 0) is 23.8 Å². The number of hydrogen-bond acceptors (Lipinski definition) is 8. The molecule has 3 rings (SSSR count). The van der Waals surface area contributed by atoms with Gasteiger partial charge in [0.05, 0.1) is 6.61 Å². The molecule has 2 aromatic rings. The zero-order chi connectivity index (χ0) is 21.8. The molecule has 0 spiro atoms. The molecule has 2 aromatic carbocycles. The van der Waals surface area contributed by atoms with E-state index in [0.29, 0.717) is 11.1 Å². The largest absolute Gasteiger partial charge is 0.474 e. The van der Waals surface area contributed by atoms with Crippen LogP contribution in [0.1, 0.15) is 0 Å². The first-order chi connectivity index (χ1) is 14.3. The van der Waals surface area contributed by atoms with Gasteiger partial charge in [-0.1, -0.05) is 30.3 Å². The van der Waals surface area contributed by atoms with Crippen molar-refractivity contribution in [3.8, 4) is 16.9 Å². The summed E-state index contributed by atoms with van der Waals surface area (Å²) in [6.45, 7) is -0.586. The van der Waals surface area contributed by atoms with E-state index in [0.717, 1.165) is 0 Å². The molecular formula is C20H21NO9. The number of aliphatic hydroxyl groups excluding tert-OH is 4. The first kappa shape index (κ1) is 21.7. The van der Waals surface area contributed by atoms with E-state index in [2.05, 4.69) is 5.32 Å². The second kappa shape index (κ2) is 9.20. The van der Waals surface area contributed by atoms with Crippen LogP contribution in [-0.4, -0.2) is 74.7 Å². The van der Waals surface area contributed by atoms with Crippen molar-refractivity contribution < 1.29 is 44.6 Å². The van der Waals surface area contributed by atoms with E-state index in [1.807, 2.05) is 0 Å². The van der Waals surface area contributed by atoms with E-state index in [9.17, 15) is 30.0 Å². The predicted octanol–water partition coefficient (Wildman–Crippen LogP) is -0.445. The molecule has 6 N–H and O–H groups in total. The van der Waals surface area contributed by atoms with Crippen LogP contribution in [0.15, 0.2) is 48.5 Å². The molecule has 1 aliphatic rings. The Labute approximate surface area is 170 Å². The lowest BCUT2D eigenvalue weighted by molar-refractivity contribution is -0.277. The molecule has 0 bridgehead atoms. The maximum Gasteiger partial charge on any atom is 0.394 e. The average molecular weight is 419 g/mol. The number of benzene rings is 2. The number of para-hydroxylation sites is 1. The first-order valence-electron chi connectivity index (χ1n) is 9.02. The van der Waals surface area contributed by atoms with Crippen LogP contribution in [0.2, 0.25) is 0 Å². The van der Waals surface area contributed by atoms with Gasteiger partial charge in [0.2, 0.25) is 6.29 Å². The number of ether oxygens (including phenoxy) is 2. The van der Waals surface area contributed by atoms with E-state index in [1.165, 1.54) is 12.1 Å². The molecule has 1 saturated heterocycles. The van der Waals surface area contributed by atoms with E-state index in [-0.39, 0.29) is 11.4 Å². The van der Waals surface area contributed by atoms with Crippen molar-refractivity contribution in [1.29, 1.82) is 0 Å². The van der Waals surface area contributed by atoms with Crippen molar-refractivity contribution >= 4 is 17.6 Å². The van der Waals surface area contributed by atoms with Crippen LogP contribution in [0.3, 0.4) is 0 Å². The Balaban J connectivity index is 1.86. The van der Waals surface area contributed by atoms with Crippen LogP contribution < -0.4 is 10.1 Å². The molecule has 5 unspecified atom stereocenters. The molecule has 1 amide bonds. The molecular weight excluding hydrogens is 398 g/mol. The number of amides is 1. The molecule has 1 heterocycles. The third-order valence-corrected chi connectivity index (χ3v) is 4.60. The Morgan fingerprint density at radius 1 is 1.00 bits per heavy atom. The maximum atomic E-state index is 11.4. The van der Waals surface area contributed by atoms with Crippen LogP contribution in [0.4, 0.5) is 5.69 Å². The van der Waals surface area contributed by atoms with Gasteiger partial charge in [0, 0.05) is 11.3 Å². The quantitative estimate of drug-likeness (QED) is 0.352. The molecule has 1 fully saturated rings. The highest BCUT2D eigenvalue weighted by Crippen LogP contribution is 2.33. The van der Waals surface area contributed by atoms with Crippen molar-refractivity contribution in [2.24, 2.45) is 0 Å². The third-order valence-electron chi connectivity index (χ3n) is 4.60. The van der Waals surface area contributed by atoms with E-state index in [4.69, 9.17) is 14.6 Å². The predicted molar refractivity (Wildman–Crippen MR) is 103 cm³/mol. The second-order valence-corrected chi connectivity index (χ2v) is 6.65. The van der Waals surface area contributed by atoms with Gasteiger partial charge in [0.15, 0.2) is 0 Å². The van der Waals surface area contributed by atoms with Gasteiger partial charge in [-0.25, -0.2) is 4.79 Å². The molecule has 0 aromatic heterocycles. The van der Waals surface area contributed by atoms with Crippen LogP contribution in [-0.2, 0) is 14.3 Å². The van der Waals surface area contributed by atoms with Gasteiger partial charge in [-0.15, -0.1) is 0 Å². The van der Waals surface area contributed by atoms with Crippen LogP contribution >= 0.6 is 0 Å². The summed E-state index contributed by atoms with van der Waals surface area (Å²) in [5.74, 6) is -2.55. The van der Waals surface area contributed by atoms with Gasteiger partial charge < -0.3 is 40.3 Å². The summed E-state index contributed by atoms with van der Waals surface area (Å²) < 4.78 is 11.1. The van der Waals surface area contributed by atoms with E-state index in [1.54, 1.807) is 36.4 Å². The molecule has 10 nitrogen and oxygen atoms in total. The molecule has 0 radical (unpaired) electrons. The molecule has 1 aliphatic heterocycles. The average Bonchev–Trinajstić information content (AvgIpc) is 2.74. The first-order valence-corrected chi connectivity index (χ1v) is 9.02. The minimum atomic E-state index is -1.62. The van der Waals surface area contributed by atoms with Crippen molar-refractivity contribution in [1.82, 2.24) is 0 Å². The number of carbonyl (C=O) groups is 2. The standard InChI is InChI=1S/C20H21NO9/c22-9-14-15(23)16(24)17(25)20(30-14)29-13-7-2-1-6-12(13)10-4-3-5-11(8-10)21-18(26)19(27)28/h1-8,14-17,20,22-25H,9H2,(H,21,26)(H,27,28). The van der Waals surface area contributed by atoms with Gasteiger partial charge in [-0.2, -0.15) is 0 Å². The fourth-order valence-electron chi connectivity index (χ4n) is 3.05. The highest BCUT2D eigenvalue weighted by atomic mass is 16.7. The minimum Gasteiger partial charge on any atom is -0.474 e. The van der Waals surface area contributed by atoms with Crippen molar-refractivity contribution in [2.75, 3.05) is 11.9 Å². The van der Waals surface area contributed by atoms with Gasteiger partial charge in [-0.3, -0.25) is 4.79 Å². The molecule has 10 heteroatoms. The number of hydrogen-bond donors (Lipinski definition) is 6. The van der Waals surface area contributed by atoms with Gasteiger partial charge in [0.1, 0.15) is 30.2 Å². The topological polar surface area (TPSA) is 166 Å². The second-order valence-electron chi connectivity index (χ2n) is 6.65. The van der Waals surface area contributed by atoms with Crippen molar-refractivity contribution in [3.05, 3.63) is 48.5 Å². The summed E-state index contributed by atoms with van der Waals surface area (Å²) in [6, 6.07) is 13.0.